The molecule has 1 unspecified atom stereocenters. The summed E-state index contributed by atoms with van der Waals surface area (Å²) in [6.45, 7) is 0.940. The Kier molecular flexibility index (Phi) is 4.21. The molecule has 1 aliphatic heterocycles. The number of allylic oxidation sites excluding steroid dienone is 1. The zero-order chi connectivity index (χ0) is 19.9. The van der Waals surface area contributed by atoms with Gasteiger partial charge in [0.2, 0.25) is 0 Å². The van der Waals surface area contributed by atoms with Gasteiger partial charge in [-0.05, 0) is 30.7 Å². The van der Waals surface area contributed by atoms with E-state index in [1.165, 1.54) is 0 Å². The highest BCUT2D eigenvalue weighted by Crippen LogP contribution is 2.32. The molecular formula is C21H17N7S2. The van der Waals surface area contributed by atoms with Crippen molar-refractivity contribution in [3.63, 3.8) is 0 Å². The highest BCUT2D eigenvalue weighted by Gasteiger charge is 2.20. The lowest BCUT2D eigenvalue weighted by atomic mass is 9.99. The standard InChI is InChI=1S/C21H17N7S2/c1-2-16-18(30-12-25-16)9-14(1)26-19-15-10-17(27-20(15)24-11-23-19)13-3-6-28(7-4-13)21-22-5-8-29-21/h1-3,5-6,8-13H,4,7H2,(H2,23,24,26,27). The van der Waals surface area contributed by atoms with Crippen molar-refractivity contribution in [3.05, 3.63) is 65.7 Å². The van der Waals surface area contributed by atoms with Crippen molar-refractivity contribution in [2.45, 2.75) is 12.3 Å². The molecule has 0 aliphatic carbocycles. The Balaban J connectivity index is 1.29. The Morgan fingerprint density at radius 2 is 2.10 bits per heavy atom. The number of thiazole rings is 2. The van der Waals surface area contributed by atoms with Gasteiger partial charge in [0, 0.05) is 41.6 Å². The molecule has 0 saturated carbocycles. The first kappa shape index (κ1) is 17.5. The van der Waals surface area contributed by atoms with Crippen LogP contribution in [0, 0.1) is 0 Å². The van der Waals surface area contributed by atoms with E-state index in [1.807, 2.05) is 29.2 Å². The van der Waals surface area contributed by atoms with Crippen LogP contribution in [0.2, 0.25) is 0 Å². The summed E-state index contributed by atoms with van der Waals surface area (Å²) in [6, 6.07) is 8.32. The van der Waals surface area contributed by atoms with Crippen molar-refractivity contribution in [2.75, 3.05) is 16.8 Å². The topological polar surface area (TPSA) is 82.6 Å². The number of benzene rings is 1. The van der Waals surface area contributed by atoms with E-state index in [-0.39, 0.29) is 0 Å². The first-order valence-electron chi connectivity index (χ1n) is 9.62. The van der Waals surface area contributed by atoms with Gasteiger partial charge in [0.05, 0.1) is 21.1 Å². The second-order valence-electron chi connectivity index (χ2n) is 7.11. The summed E-state index contributed by atoms with van der Waals surface area (Å²) in [6.07, 6.45) is 8.82. The summed E-state index contributed by atoms with van der Waals surface area (Å²) in [5.74, 6) is 1.12. The minimum Gasteiger partial charge on any atom is -0.343 e. The Morgan fingerprint density at radius 3 is 2.97 bits per heavy atom. The quantitative estimate of drug-likeness (QED) is 0.403. The Bertz CT molecular complexity index is 1350. The minimum atomic E-state index is 0.316. The van der Waals surface area contributed by atoms with Crippen LogP contribution in [0.25, 0.3) is 21.3 Å². The number of aromatic nitrogens is 5. The van der Waals surface area contributed by atoms with Gasteiger partial charge in [0.25, 0.3) is 0 Å². The predicted molar refractivity (Wildman–Crippen MR) is 123 cm³/mol. The first-order chi connectivity index (χ1) is 14.8. The molecule has 0 spiro atoms. The van der Waals surface area contributed by atoms with Crippen LogP contribution in [0.3, 0.4) is 0 Å². The van der Waals surface area contributed by atoms with Gasteiger partial charge in [-0.25, -0.2) is 19.9 Å². The van der Waals surface area contributed by atoms with Crippen LogP contribution in [0.15, 0.2) is 60.0 Å². The molecule has 2 N–H and O–H groups in total. The number of H-pyrrole nitrogens is 1. The molecule has 1 atom stereocenters. The molecule has 4 aromatic heterocycles. The number of hydrogen-bond acceptors (Lipinski definition) is 8. The largest absolute Gasteiger partial charge is 0.343 e. The van der Waals surface area contributed by atoms with Crippen LogP contribution in [0.1, 0.15) is 18.0 Å². The van der Waals surface area contributed by atoms with Crippen LogP contribution >= 0.6 is 22.7 Å². The van der Waals surface area contributed by atoms with Gasteiger partial charge >= 0.3 is 0 Å². The van der Waals surface area contributed by atoms with Crippen molar-refractivity contribution in [1.29, 1.82) is 0 Å². The summed E-state index contributed by atoms with van der Waals surface area (Å²) >= 11 is 3.29. The minimum absolute atomic E-state index is 0.316. The number of hydrogen-bond donors (Lipinski definition) is 2. The van der Waals surface area contributed by atoms with E-state index < -0.39 is 0 Å². The Hall–Kier alpha value is -3.30. The maximum Gasteiger partial charge on any atom is 0.189 e. The molecular weight excluding hydrogens is 414 g/mol. The second kappa shape index (κ2) is 7.19. The molecule has 5 aromatic rings. The number of nitrogens with zero attached hydrogens (tertiary/aromatic N) is 5. The van der Waals surface area contributed by atoms with Crippen LogP contribution in [-0.4, -0.2) is 31.5 Å². The number of nitrogens with one attached hydrogen (secondary N) is 2. The molecule has 148 valence electrons. The number of anilines is 3. The van der Waals surface area contributed by atoms with E-state index in [0.29, 0.717) is 5.92 Å². The van der Waals surface area contributed by atoms with Gasteiger partial charge in [-0.1, -0.05) is 6.08 Å². The SMILES string of the molecule is C1=CN(c2nccs2)CCC1c1cc2c(Nc3ccc4ncsc4c3)ncnc2[nH]1. The first-order valence-corrected chi connectivity index (χ1v) is 11.4. The molecule has 9 heteroatoms. The highest BCUT2D eigenvalue weighted by atomic mass is 32.1. The third-order valence-corrected chi connectivity index (χ3v) is 6.88. The normalized spacial score (nSPS) is 16.5. The molecule has 1 aliphatic rings. The van der Waals surface area contributed by atoms with E-state index in [1.54, 1.807) is 29.0 Å². The molecule has 0 bridgehead atoms. The van der Waals surface area contributed by atoms with E-state index in [9.17, 15) is 0 Å². The summed E-state index contributed by atoms with van der Waals surface area (Å²) < 4.78 is 1.15. The average molecular weight is 432 g/mol. The molecule has 0 radical (unpaired) electrons. The Morgan fingerprint density at radius 1 is 1.10 bits per heavy atom. The maximum atomic E-state index is 4.49. The molecule has 0 fully saturated rings. The number of fused-ring (bicyclic) bond motifs is 2. The average Bonchev–Trinajstić information content (AvgIpc) is 3.53. The van der Waals surface area contributed by atoms with Crippen molar-refractivity contribution in [2.24, 2.45) is 0 Å². The molecule has 0 saturated heterocycles. The number of aromatic amines is 1. The molecule has 6 rings (SSSR count). The van der Waals surface area contributed by atoms with E-state index in [2.05, 4.69) is 59.5 Å². The summed E-state index contributed by atoms with van der Waals surface area (Å²) in [5.41, 5.74) is 5.87. The zero-order valence-electron chi connectivity index (χ0n) is 15.8. The van der Waals surface area contributed by atoms with E-state index >= 15 is 0 Å². The smallest absolute Gasteiger partial charge is 0.189 e. The molecule has 0 amide bonds. The zero-order valence-corrected chi connectivity index (χ0v) is 17.5. The lowest BCUT2D eigenvalue weighted by Crippen LogP contribution is -2.23. The van der Waals surface area contributed by atoms with Crippen LogP contribution in [-0.2, 0) is 0 Å². The van der Waals surface area contributed by atoms with Crippen molar-refractivity contribution in [3.8, 4) is 0 Å². The van der Waals surface area contributed by atoms with Gasteiger partial charge in [0.15, 0.2) is 5.13 Å². The predicted octanol–water partition coefficient (Wildman–Crippen LogP) is 5.28. The fourth-order valence-corrected chi connectivity index (χ4v) is 5.13. The second-order valence-corrected chi connectivity index (χ2v) is 8.87. The van der Waals surface area contributed by atoms with Crippen molar-refractivity contribution in [1.82, 2.24) is 24.9 Å². The molecule has 30 heavy (non-hydrogen) atoms. The van der Waals surface area contributed by atoms with Gasteiger partial charge in [-0.15, -0.1) is 22.7 Å². The fourth-order valence-electron chi connectivity index (χ4n) is 3.76. The third kappa shape index (κ3) is 3.12. The van der Waals surface area contributed by atoms with Gasteiger partial charge < -0.3 is 15.2 Å². The molecule has 5 heterocycles. The summed E-state index contributed by atoms with van der Waals surface area (Å²) in [5, 5.41) is 7.48. The monoisotopic (exact) mass is 431 g/mol. The van der Waals surface area contributed by atoms with Crippen molar-refractivity contribution >= 4 is 60.6 Å². The van der Waals surface area contributed by atoms with Gasteiger partial charge in [0.1, 0.15) is 17.8 Å². The summed E-state index contributed by atoms with van der Waals surface area (Å²) in [7, 11) is 0. The van der Waals surface area contributed by atoms with Crippen LogP contribution in [0.5, 0.6) is 0 Å². The van der Waals surface area contributed by atoms with Gasteiger partial charge in [-0.2, -0.15) is 0 Å². The Labute approximate surface area is 180 Å². The number of rotatable bonds is 4. The van der Waals surface area contributed by atoms with Crippen molar-refractivity contribution < 1.29 is 0 Å². The third-order valence-electron chi connectivity index (χ3n) is 5.28. The van der Waals surface area contributed by atoms with E-state index in [0.717, 1.165) is 56.5 Å². The lowest BCUT2D eigenvalue weighted by molar-refractivity contribution is 0.686. The van der Waals surface area contributed by atoms with E-state index in [4.69, 9.17) is 0 Å². The summed E-state index contributed by atoms with van der Waals surface area (Å²) in [4.78, 5) is 23.3. The molecule has 1 aromatic carbocycles. The lowest BCUT2D eigenvalue weighted by Gasteiger charge is -2.25. The molecule has 7 nitrogen and oxygen atoms in total. The fraction of sp³-hybridized carbons (Fsp3) is 0.143. The van der Waals surface area contributed by atoms with Gasteiger partial charge in [-0.3, -0.25) is 0 Å². The maximum absolute atomic E-state index is 4.49. The highest BCUT2D eigenvalue weighted by molar-refractivity contribution is 7.16. The van der Waals surface area contributed by atoms with Crippen LogP contribution < -0.4 is 10.2 Å². The van der Waals surface area contributed by atoms with Crippen LogP contribution in [0.4, 0.5) is 16.6 Å².